The average Bonchev–Trinajstić information content (AvgIpc) is 2.55. The highest BCUT2D eigenvalue weighted by Gasteiger charge is 2.04. The predicted octanol–water partition coefficient (Wildman–Crippen LogP) is 2.51. The molecule has 2 aromatic carbocycles. The van der Waals surface area contributed by atoms with Crippen LogP contribution in [0.3, 0.4) is 0 Å². The van der Waals surface area contributed by atoms with Crippen molar-refractivity contribution in [2.45, 2.75) is 13.5 Å². The highest BCUT2D eigenvalue weighted by molar-refractivity contribution is 5.94. The topological polar surface area (TPSA) is 93.4 Å². The smallest absolute Gasteiger partial charge is 0.319 e. The molecule has 2 aromatic rings. The molecule has 0 aliphatic heterocycles. The molecule has 120 valence electrons. The summed E-state index contributed by atoms with van der Waals surface area (Å²) in [5, 5.41) is 5.44. The number of benzene rings is 2. The van der Waals surface area contributed by atoms with E-state index in [1.807, 2.05) is 31.2 Å². The summed E-state index contributed by atoms with van der Waals surface area (Å²) in [6.07, 6.45) is 0. The van der Waals surface area contributed by atoms with Crippen LogP contribution in [-0.2, 0) is 6.54 Å². The summed E-state index contributed by atoms with van der Waals surface area (Å²) in [6.45, 7) is 2.95. The van der Waals surface area contributed by atoms with Gasteiger partial charge < -0.3 is 21.1 Å². The van der Waals surface area contributed by atoms with Crippen LogP contribution in [0.15, 0.2) is 48.5 Å². The molecule has 0 saturated carbocycles. The zero-order valence-electron chi connectivity index (χ0n) is 12.8. The number of carbonyl (C=O) groups excluding carboxylic acids is 2. The molecule has 0 unspecified atom stereocenters. The van der Waals surface area contributed by atoms with Crippen molar-refractivity contribution in [3.63, 3.8) is 0 Å². The lowest BCUT2D eigenvalue weighted by Gasteiger charge is -2.09. The third kappa shape index (κ3) is 5.03. The first kappa shape index (κ1) is 16.4. The van der Waals surface area contributed by atoms with Crippen LogP contribution in [0.4, 0.5) is 10.5 Å². The van der Waals surface area contributed by atoms with E-state index in [0.29, 0.717) is 24.4 Å². The Bertz CT molecular complexity index is 666. The Hall–Kier alpha value is -3.02. The lowest BCUT2D eigenvalue weighted by molar-refractivity contribution is 0.100. The molecule has 0 spiro atoms. The van der Waals surface area contributed by atoms with Crippen LogP contribution in [0.2, 0.25) is 0 Å². The molecule has 0 radical (unpaired) electrons. The van der Waals surface area contributed by atoms with Crippen LogP contribution < -0.4 is 21.1 Å². The molecule has 6 nitrogen and oxygen atoms in total. The highest BCUT2D eigenvalue weighted by atomic mass is 16.5. The Balaban J connectivity index is 1.83. The van der Waals surface area contributed by atoms with Gasteiger partial charge in [-0.05, 0) is 48.9 Å². The van der Waals surface area contributed by atoms with Gasteiger partial charge in [-0.2, -0.15) is 0 Å². The maximum Gasteiger partial charge on any atom is 0.319 e. The number of ether oxygens (including phenoxy) is 1. The standard InChI is InChI=1S/C17H19N3O3/c1-2-23-15-9-3-12(4-10-15)11-19-17(22)20-14-7-5-13(6-8-14)16(18)21/h3-10H,2,11H2,1H3,(H2,18,21)(H2,19,20,22). The number of primary amides is 1. The zero-order valence-corrected chi connectivity index (χ0v) is 12.8. The molecule has 0 atom stereocenters. The molecular formula is C17H19N3O3. The van der Waals surface area contributed by atoms with Gasteiger partial charge >= 0.3 is 6.03 Å². The monoisotopic (exact) mass is 313 g/mol. The van der Waals surface area contributed by atoms with Gasteiger partial charge in [-0.1, -0.05) is 12.1 Å². The Morgan fingerprint density at radius 1 is 1.04 bits per heavy atom. The Morgan fingerprint density at radius 3 is 2.26 bits per heavy atom. The molecule has 0 heterocycles. The second-order valence-corrected chi connectivity index (χ2v) is 4.83. The highest BCUT2D eigenvalue weighted by Crippen LogP contribution is 2.12. The first-order chi connectivity index (χ1) is 11.1. The molecule has 0 aromatic heterocycles. The molecule has 0 fully saturated rings. The van der Waals surface area contributed by atoms with Crippen molar-refractivity contribution >= 4 is 17.6 Å². The van der Waals surface area contributed by atoms with E-state index in [1.54, 1.807) is 24.3 Å². The number of urea groups is 1. The quantitative estimate of drug-likeness (QED) is 0.765. The van der Waals surface area contributed by atoms with Gasteiger partial charge in [0.15, 0.2) is 0 Å². The first-order valence-electron chi connectivity index (χ1n) is 7.25. The molecule has 4 N–H and O–H groups in total. The fourth-order valence-corrected chi connectivity index (χ4v) is 1.95. The van der Waals surface area contributed by atoms with Crippen LogP contribution in [-0.4, -0.2) is 18.5 Å². The van der Waals surface area contributed by atoms with Gasteiger partial charge in [-0.3, -0.25) is 4.79 Å². The summed E-state index contributed by atoms with van der Waals surface area (Å²) in [6, 6.07) is 13.6. The van der Waals surface area contributed by atoms with Crippen molar-refractivity contribution in [3.8, 4) is 5.75 Å². The SMILES string of the molecule is CCOc1ccc(CNC(=O)Nc2ccc(C(N)=O)cc2)cc1. The van der Waals surface area contributed by atoms with E-state index in [0.717, 1.165) is 11.3 Å². The van der Waals surface area contributed by atoms with Crippen molar-refractivity contribution < 1.29 is 14.3 Å². The molecule has 3 amide bonds. The molecule has 6 heteroatoms. The Labute approximate surface area is 134 Å². The Kier molecular flexibility index (Phi) is 5.57. The molecule has 2 rings (SSSR count). The summed E-state index contributed by atoms with van der Waals surface area (Å²) in [4.78, 5) is 22.8. The van der Waals surface area contributed by atoms with E-state index >= 15 is 0 Å². The molecule has 0 bridgehead atoms. The van der Waals surface area contributed by atoms with E-state index < -0.39 is 5.91 Å². The lowest BCUT2D eigenvalue weighted by Crippen LogP contribution is -2.28. The van der Waals surface area contributed by atoms with E-state index in [-0.39, 0.29) is 6.03 Å². The maximum atomic E-state index is 11.8. The molecule has 0 aliphatic rings. The molecule has 0 aliphatic carbocycles. The molecule has 23 heavy (non-hydrogen) atoms. The average molecular weight is 313 g/mol. The third-order valence-corrected chi connectivity index (χ3v) is 3.11. The number of hydrogen-bond donors (Lipinski definition) is 3. The first-order valence-corrected chi connectivity index (χ1v) is 7.25. The number of nitrogens with two attached hydrogens (primary N) is 1. The van der Waals surface area contributed by atoms with Crippen LogP contribution in [0.5, 0.6) is 5.75 Å². The van der Waals surface area contributed by atoms with Crippen molar-refractivity contribution in [3.05, 3.63) is 59.7 Å². The van der Waals surface area contributed by atoms with Gasteiger partial charge in [0.25, 0.3) is 0 Å². The number of anilines is 1. The normalized spacial score (nSPS) is 9.96. The van der Waals surface area contributed by atoms with Gasteiger partial charge in [-0.15, -0.1) is 0 Å². The maximum absolute atomic E-state index is 11.8. The fraction of sp³-hybridized carbons (Fsp3) is 0.176. The summed E-state index contributed by atoms with van der Waals surface area (Å²) in [5.41, 5.74) is 7.10. The van der Waals surface area contributed by atoms with Crippen molar-refractivity contribution in [1.82, 2.24) is 5.32 Å². The van der Waals surface area contributed by atoms with E-state index in [9.17, 15) is 9.59 Å². The number of hydrogen-bond acceptors (Lipinski definition) is 3. The number of amides is 3. The zero-order chi connectivity index (χ0) is 16.7. The predicted molar refractivity (Wildman–Crippen MR) is 88.4 cm³/mol. The fourth-order valence-electron chi connectivity index (χ4n) is 1.95. The lowest BCUT2D eigenvalue weighted by atomic mass is 10.2. The number of rotatable bonds is 6. The minimum absolute atomic E-state index is 0.328. The third-order valence-electron chi connectivity index (χ3n) is 3.11. The molecular weight excluding hydrogens is 294 g/mol. The van der Waals surface area contributed by atoms with Gasteiger partial charge in [0, 0.05) is 17.8 Å². The number of carbonyl (C=O) groups is 2. The van der Waals surface area contributed by atoms with Gasteiger partial charge in [0.2, 0.25) is 5.91 Å². The van der Waals surface area contributed by atoms with Crippen LogP contribution in [0, 0.1) is 0 Å². The second kappa shape index (κ2) is 7.84. The second-order valence-electron chi connectivity index (χ2n) is 4.83. The van der Waals surface area contributed by atoms with E-state index in [1.165, 1.54) is 0 Å². The summed E-state index contributed by atoms with van der Waals surface area (Å²) < 4.78 is 5.36. The number of nitrogens with one attached hydrogen (secondary N) is 2. The summed E-state index contributed by atoms with van der Waals surface area (Å²) in [7, 11) is 0. The van der Waals surface area contributed by atoms with Crippen LogP contribution >= 0.6 is 0 Å². The van der Waals surface area contributed by atoms with Crippen molar-refractivity contribution in [2.75, 3.05) is 11.9 Å². The van der Waals surface area contributed by atoms with Gasteiger partial charge in [0.1, 0.15) is 5.75 Å². The Morgan fingerprint density at radius 2 is 1.70 bits per heavy atom. The van der Waals surface area contributed by atoms with Crippen LogP contribution in [0.25, 0.3) is 0 Å². The van der Waals surface area contributed by atoms with Crippen molar-refractivity contribution in [1.29, 1.82) is 0 Å². The van der Waals surface area contributed by atoms with E-state index in [2.05, 4.69) is 10.6 Å². The minimum atomic E-state index is -0.503. The minimum Gasteiger partial charge on any atom is -0.494 e. The van der Waals surface area contributed by atoms with Crippen molar-refractivity contribution in [2.24, 2.45) is 5.73 Å². The summed E-state index contributed by atoms with van der Waals surface area (Å²) in [5.74, 6) is 0.298. The molecule has 0 saturated heterocycles. The summed E-state index contributed by atoms with van der Waals surface area (Å²) >= 11 is 0. The van der Waals surface area contributed by atoms with Gasteiger partial charge in [0.05, 0.1) is 6.61 Å². The van der Waals surface area contributed by atoms with E-state index in [4.69, 9.17) is 10.5 Å². The van der Waals surface area contributed by atoms with Crippen LogP contribution in [0.1, 0.15) is 22.8 Å². The van der Waals surface area contributed by atoms with Gasteiger partial charge in [-0.25, -0.2) is 4.79 Å². The largest absolute Gasteiger partial charge is 0.494 e.